The van der Waals surface area contributed by atoms with Gasteiger partial charge in [-0.15, -0.1) is 5.10 Å². The van der Waals surface area contributed by atoms with Crippen LogP contribution in [0.5, 0.6) is 0 Å². The molecule has 0 radical (unpaired) electrons. The van der Waals surface area contributed by atoms with Crippen molar-refractivity contribution in [3.8, 4) is 0 Å². The van der Waals surface area contributed by atoms with E-state index in [-0.39, 0.29) is 5.69 Å². The van der Waals surface area contributed by atoms with E-state index in [0.29, 0.717) is 0 Å². The Morgan fingerprint density at radius 1 is 1.45 bits per heavy atom. The average Bonchev–Trinajstić information content (AvgIpc) is 3.13. The minimum Gasteiger partial charge on any atom is -0.464 e. The van der Waals surface area contributed by atoms with E-state index in [1.807, 2.05) is 0 Å². The number of rotatable bonds is 3. The first kappa shape index (κ1) is 15.3. The third-order valence-corrected chi connectivity index (χ3v) is 3.53. The van der Waals surface area contributed by atoms with Gasteiger partial charge in [0.05, 0.1) is 13.3 Å². The highest BCUT2D eigenvalue weighted by Crippen LogP contribution is 2.40. The van der Waals surface area contributed by atoms with Crippen molar-refractivity contribution < 1.29 is 34.0 Å². The molecule has 2 N–H and O–H groups in total. The second-order valence-corrected chi connectivity index (χ2v) is 5.55. The molecule has 2 fully saturated rings. The van der Waals surface area contributed by atoms with E-state index in [4.69, 9.17) is 14.2 Å². The predicted molar refractivity (Wildman–Crippen MR) is 67.3 cm³/mol. The van der Waals surface area contributed by atoms with Gasteiger partial charge in [0.2, 0.25) is 0 Å². The number of esters is 1. The molecule has 2 saturated heterocycles. The minimum absolute atomic E-state index is 0.0550. The van der Waals surface area contributed by atoms with Gasteiger partial charge in [0.15, 0.2) is 24.0 Å². The first-order valence-electron chi connectivity index (χ1n) is 6.70. The van der Waals surface area contributed by atoms with E-state index < -0.39 is 42.6 Å². The number of hydrogen-bond donors (Lipinski definition) is 2. The largest absolute Gasteiger partial charge is 0.464 e. The van der Waals surface area contributed by atoms with E-state index in [0.717, 1.165) is 4.68 Å². The van der Waals surface area contributed by atoms with Crippen LogP contribution in [-0.4, -0.2) is 68.7 Å². The fourth-order valence-electron chi connectivity index (χ4n) is 2.60. The van der Waals surface area contributed by atoms with Gasteiger partial charge in [-0.3, -0.25) is 0 Å². The average molecular weight is 315 g/mol. The molecule has 5 atom stereocenters. The van der Waals surface area contributed by atoms with Gasteiger partial charge in [-0.2, -0.15) is 0 Å². The molecule has 0 aromatic carbocycles. The van der Waals surface area contributed by atoms with E-state index in [1.54, 1.807) is 13.8 Å². The lowest BCUT2D eigenvalue weighted by Gasteiger charge is -2.25. The maximum absolute atomic E-state index is 11.4. The molecule has 10 heteroatoms. The van der Waals surface area contributed by atoms with Crippen molar-refractivity contribution in [1.29, 1.82) is 0 Å². The number of nitrogens with zero attached hydrogens (tertiary/aromatic N) is 3. The van der Waals surface area contributed by atoms with Crippen LogP contribution in [0.4, 0.5) is 0 Å². The Balaban J connectivity index is 1.79. The summed E-state index contributed by atoms with van der Waals surface area (Å²) in [5.41, 5.74) is -0.0550. The van der Waals surface area contributed by atoms with Gasteiger partial charge in [0.25, 0.3) is 0 Å². The third kappa shape index (κ3) is 2.48. The molecule has 0 spiro atoms. The van der Waals surface area contributed by atoms with Gasteiger partial charge in [-0.1, -0.05) is 5.21 Å². The summed E-state index contributed by atoms with van der Waals surface area (Å²) in [6.45, 7) is 3.40. The summed E-state index contributed by atoms with van der Waals surface area (Å²) < 4.78 is 22.0. The summed E-state index contributed by atoms with van der Waals surface area (Å²) in [5, 5.41) is 27.5. The first-order valence-corrected chi connectivity index (χ1v) is 6.70. The van der Waals surface area contributed by atoms with Crippen molar-refractivity contribution in [2.75, 3.05) is 7.11 Å². The molecule has 2 aliphatic rings. The summed E-state index contributed by atoms with van der Waals surface area (Å²) in [4.78, 5) is 11.4. The zero-order valence-corrected chi connectivity index (χ0v) is 12.2. The first-order chi connectivity index (χ1) is 10.3. The van der Waals surface area contributed by atoms with Crippen LogP contribution in [0.3, 0.4) is 0 Å². The van der Waals surface area contributed by atoms with E-state index >= 15 is 0 Å². The van der Waals surface area contributed by atoms with Crippen LogP contribution < -0.4 is 0 Å². The van der Waals surface area contributed by atoms with Gasteiger partial charge in [0, 0.05) is 0 Å². The quantitative estimate of drug-likeness (QED) is 0.661. The molecule has 0 bridgehead atoms. The van der Waals surface area contributed by atoms with Crippen LogP contribution in [0.1, 0.15) is 30.6 Å². The maximum Gasteiger partial charge on any atom is 0.360 e. The van der Waals surface area contributed by atoms with E-state index in [9.17, 15) is 15.0 Å². The number of aliphatic hydroxyl groups excluding tert-OH is 2. The molecule has 22 heavy (non-hydrogen) atoms. The number of hydrogen-bond acceptors (Lipinski definition) is 9. The van der Waals surface area contributed by atoms with Crippen molar-refractivity contribution in [2.24, 2.45) is 0 Å². The van der Waals surface area contributed by atoms with Gasteiger partial charge in [0.1, 0.15) is 18.3 Å². The Morgan fingerprint density at radius 3 is 2.82 bits per heavy atom. The zero-order chi connectivity index (χ0) is 16.1. The molecule has 0 amide bonds. The number of ether oxygens (including phenoxy) is 4. The molecule has 2 aliphatic heterocycles. The highest BCUT2D eigenvalue weighted by Gasteiger charge is 2.57. The number of methoxy groups -OCH3 is 1. The van der Waals surface area contributed by atoms with Crippen molar-refractivity contribution >= 4 is 5.97 Å². The Morgan fingerprint density at radius 2 is 2.14 bits per heavy atom. The van der Waals surface area contributed by atoms with Crippen LogP contribution in [0, 0.1) is 0 Å². The lowest BCUT2D eigenvalue weighted by atomic mass is 10.1. The second kappa shape index (κ2) is 5.25. The second-order valence-electron chi connectivity index (χ2n) is 5.55. The number of aliphatic hydroxyl groups is 2. The Hall–Kier alpha value is -1.59. The van der Waals surface area contributed by atoms with E-state index in [2.05, 4.69) is 15.0 Å². The van der Waals surface area contributed by atoms with Crippen molar-refractivity contribution in [2.45, 2.75) is 50.5 Å². The smallest absolute Gasteiger partial charge is 0.360 e. The molecule has 122 valence electrons. The number of aromatic nitrogens is 3. The molecule has 1 aromatic rings. The van der Waals surface area contributed by atoms with Crippen molar-refractivity contribution in [3.05, 3.63) is 11.9 Å². The molecule has 3 heterocycles. The van der Waals surface area contributed by atoms with Crippen molar-refractivity contribution in [1.82, 2.24) is 15.0 Å². The summed E-state index contributed by atoms with van der Waals surface area (Å²) in [5.74, 6) is -1.57. The molecular weight excluding hydrogens is 298 g/mol. The maximum atomic E-state index is 11.4. The topological polar surface area (TPSA) is 125 Å². The fraction of sp³-hybridized carbons (Fsp3) is 0.750. The van der Waals surface area contributed by atoms with Gasteiger partial charge >= 0.3 is 5.97 Å². The fourth-order valence-corrected chi connectivity index (χ4v) is 2.60. The standard InChI is InChI=1S/C12H17N3O7/c1-12(2)21-6-7(20-11(18)8(6)22-12)9(16)15-4-5(13-14-15)10(17)19-3/h4,6-9,11,16,18H,1-3H3/t6-,7+,8-,9-,11-/m1/s1. The molecule has 0 aliphatic carbocycles. The molecule has 1 aromatic heterocycles. The normalized spacial score (nSPS) is 34.4. The summed E-state index contributed by atoms with van der Waals surface area (Å²) in [7, 11) is 1.21. The van der Waals surface area contributed by atoms with Crippen LogP contribution in [0.2, 0.25) is 0 Å². The molecule has 10 nitrogen and oxygen atoms in total. The van der Waals surface area contributed by atoms with Gasteiger partial charge in [-0.05, 0) is 13.8 Å². The molecular formula is C12H17N3O7. The van der Waals surface area contributed by atoms with Crippen LogP contribution in [0.15, 0.2) is 6.20 Å². The SMILES string of the molecule is COC(=O)c1cn([C@H](O)[C@H]2O[C@@H](O)[C@@H]3OC(C)(C)O[C@@H]32)nn1. The van der Waals surface area contributed by atoms with Crippen molar-refractivity contribution in [3.63, 3.8) is 0 Å². The van der Waals surface area contributed by atoms with Gasteiger partial charge in [-0.25, -0.2) is 9.48 Å². The Bertz CT molecular complexity index is 575. The zero-order valence-electron chi connectivity index (χ0n) is 12.2. The monoisotopic (exact) mass is 315 g/mol. The van der Waals surface area contributed by atoms with Crippen LogP contribution in [0.25, 0.3) is 0 Å². The third-order valence-electron chi connectivity index (χ3n) is 3.53. The minimum atomic E-state index is -1.31. The predicted octanol–water partition coefficient (Wildman–Crippen LogP) is -1.21. The molecule has 3 rings (SSSR count). The Kier molecular flexibility index (Phi) is 3.65. The lowest BCUT2D eigenvalue weighted by molar-refractivity contribution is -0.237. The molecule has 0 saturated carbocycles. The summed E-state index contributed by atoms with van der Waals surface area (Å²) in [6, 6.07) is 0. The lowest BCUT2D eigenvalue weighted by Crippen LogP contribution is -2.36. The molecule has 0 unspecified atom stereocenters. The highest BCUT2D eigenvalue weighted by molar-refractivity contribution is 5.86. The number of carbonyl (C=O) groups excluding carboxylic acids is 1. The summed E-state index contributed by atoms with van der Waals surface area (Å²) in [6.07, 6.45) is -3.62. The van der Waals surface area contributed by atoms with Crippen LogP contribution in [-0.2, 0) is 18.9 Å². The van der Waals surface area contributed by atoms with Crippen LogP contribution >= 0.6 is 0 Å². The van der Waals surface area contributed by atoms with Gasteiger partial charge < -0.3 is 29.2 Å². The van der Waals surface area contributed by atoms with E-state index in [1.165, 1.54) is 13.3 Å². The summed E-state index contributed by atoms with van der Waals surface area (Å²) >= 11 is 0. The highest BCUT2D eigenvalue weighted by atomic mass is 16.8. The number of fused-ring (bicyclic) bond motifs is 1. The number of carbonyl (C=O) groups is 1. The Labute approximate surface area is 125 Å².